The van der Waals surface area contributed by atoms with Gasteiger partial charge in [0.05, 0.1) is 5.56 Å². The summed E-state index contributed by atoms with van der Waals surface area (Å²) in [4.78, 5) is 16.6. The van der Waals surface area contributed by atoms with Crippen LogP contribution in [0.4, 0.5) is 10.1 Å². The molecule has 0 bridgehead atoms. The molecule has 1 heterocycles. The van der Waals surface area contributed by atoms with E-state index in [0.717, 1.165) is 19.5 Å². The Morgan fingerprint density at radius 3 is 2.71 bits per heavy atom. The van der Waals surface area contributed by atoms with Crippen molar-refractivity contribution in [1.82, 2.24) is 9.80 Å². The van der Waals surface area contributed by atoms with Crippen molar-refractivity contribution in [3.8, 4) is 0 Å². The van der Waals surface area contributed by atoms with Gasteiger partial charge in [-0.25, -0.2) is 4.39 Å². The summed E-state index contributed by atoms with van der Waals surface area (Å²) < 4.78 is 14.2. The first kappa shape index (κ1) is 15.8. The topological polar surface area (TPSA) is 49.6 Å². The van der Waals surface area contributed by atoms with E-state index in [4.69, 9.17) is 5.73 Å². The van der Waals surface area contributed by atoms with E-state index in [-0.39, 0.29) is 11.5 Å². The van der Waals surface area contributed by atoms with E-state index in [9.17, 15) is 9.18 Å². The third-order valence-corrected chi connectivity index (χ3v) is 4.29. The Labute approximate surface area is 125 Å². The molecule has 1 aromatic carbocycles. The third-order valence-electron chi connectivity index (χ3n) is 4.29. The van der Waals surface area contributed by atoms with Crippen LogP contribution in [0, 0.1) is 12.7 Å². The molecule has 1 unspecified atom stereocenters. The molecule has 0 aromatic heterocycles. The molecule has 5 heteroatoms. The Hall–Kier alpha value is -1.62. The first-order valence-corrected chi connectivity index (χ1v) is 7.56. The second-order valence-corrected chi connectivity index (χ2v) is 5.61. The predicted octanol–water partition coefficient (Wildman–Crippen LogP) is 2.27. The van der Waals surface area contributed by atoms with Gasteiger partial charge in [0.2, 0.25) is 0 Å². The van der Waals surface area contributed by atoms with E-state index in [1.807, 2.05) is 0 Å². The Morgan fingerprint density at radius 1 is 1.43 bits per heavy atom. The van der Waals surface area contributed by atoms with Crippen LogP contribution in [0.15, 0.2) is 12.1 Å². The van der Waals surface area contributed by atoms with Gasteiger partial charge < -0.3 is 10.6 Å². The molecule has 1 saturated heterocycles. The van der Waals surface area contributed by atoms with E-state index < -0.39 is 5.82 Å². The maximum absolute atomic E-state index is 14.2. The van der Waals surface area contributed by atoms with Gasteiger partial charge in [-0.2, -0.15) is 0 Å². The number of carbonyl (C=O) groups is 1. The molecule has 0 saturated carbocycles. The van der Waals surface area contributed by atoms with E-state index >= 15 is 0 Å². The van der Waals surface area contributed by atoms with Crippen molar-refractivity contribution in [3.05, 3.63) is 29.1 Å². The molecule has 1 fully saturated rings. The molecule has 4 nitrogen and oxygen atoms in total. The fourth-order valence-electron chi connectivity index (χ4n) is 3.09. The van der Waals surface area contributed by atoms with Crippen LogP contribution < -0.4 is 5.73 Å². The number of nitrogens with two attached hydrogens (primary N) is 1. The maximum Gasteiger partial charge on any atom is 0.256 e. The molecule has 0 radical (unpaired) electrons. The summed E-state index contributed by atoms with van der Waals surface area (Å²) in [5.74, 6) is -0.710. The lowest BCUT2D eigenvalue weighted by Crippen LogP contribution is -2.38. The Morgan fingerprint density at radius 2 is 2.10 bits per heavy atom. The molecule has 1 aliphatic heterocycles. The number of rotatable bonds is 4. The minimum atomic E-state index is -0.458. The number of halogens is 1. The first-order valence-electron chi connectivity index (χ1n) is 7.56. The highest BCUT2D eigenvalue weighted by Crippen LogP contribution is 2.22. The van der Waals surface area contributed by atoms with Crippen LogP contribution in [-0.2, 0) is 0 Å². The van der Waals surface area contributed by atoms with Crippen molar-refractivity contribution in [1.29, 1.82) is 0 Å². The predicted molar refractivity (Wildman–Crippen MR) is 82.8 cm³/mol. The van der Waals surface area contributed by atoms with Crippen LogP contribution in [0.2, 0.25) is 0 Å². The van der Waals surface area contributed by atoms with Crippen molar-refractivity contribution in [2.75, 3.05) is 31.9 Å². The molecule has 1 aliphatic rings. The normalized spacial score (nSPS) is 18.5. The van der Waals surface area contributed by atoms with E-state index in [2.05, 4.69) is 18.7 Å². The minimum absolute atomic E-state index is 0.0905. The van der Waals surface area contributed by atoms with Crippen molar-refractivity contribution in [3.63, 3.8) is 0 Å². The Bertz CT molecular complexity index is 528. The number of amides is 1. The maximum atomic E-state index is 14.2. The molecule has 116 valence electrons. The molecule has 0 aliphatic carbocycles. The summed E-state index contributed by atoms with van der Waals surface area (Å²) in [5.41, 5.74) is 6.67. The number of carbonyl (C=O) groups excluding carboxylic acids is 1. The number of aryl methyl sites for hydroxylation is 1. The molecule has 1 aromatic rings. The van der Waals surface area contributed by atoms with E-state index in [1.54, 1.807) is 17.9 Å². The average Bonchev–Trinajstić information content (AvgIpc) is 2.93. The van der Waals surface area contributed by atoms with Crippen LogP contribution in [0.5, 0.6) is 0 Å². The van der Waals surface area contributed by atoms with Crippen LogP contribution in [0.1, 0.15) is 36.2 Å². The van der Waals surface area contributed by atoms with Gasteiger partial charge in [-0.15, -0.1) is 0 Å². The fourth-order valence-corrected chi connectivity index (χ4v) is 3.09. The number of hydrogen-bond acceptors (Lipinski definition) is 3. The molecule has 2 N–H and O–H groups in total. The Kier molecular flexibility index (Phi) is 4.83. The lowest BCUT2D eigenvalue weighted by Gasteiger charge is -2.26. The summed E-state index contributed by atoms with van der Waals surface area (Å²) in [5, 5.41) is 0. The monoisotopic (exact) mass is 293 g/mol. The SMILES string of the molecule is CCN(CC)C1CCN(C(=O)c2cc(N)cc(C)c2F)C1. The van der Waals surface area contributed by atoms with Crippen LogP contribution in [0.25, 0.3) is 0 Å². The lowest BCUT2D eigenvalue weighted by atomic mass is 10.1. The summed E-state index contributed by atoms with van der Waals surface area (Å²) in [7, 11) is 0. The van der Waals surface area contributed by atoms with E-state index in [1.165, 1.54) is 6.07 Å². The minimum Gasteiger partial charge on any atom is -0.399 e. The zero-order valence-corrected chi connectivity index (χ0v) is 13.0. The quantitative estimate of drug-likeness (QED) is 0.866. The van der Waals surface area contributed by atoms with Gasteiger partial charge >= 0.3 is 0 Å². The summed E-state index contributed by atoms with van der Waals surface area (Å²) in [6.07, 6.45) is 0.941. The largest absolute Gasteiger partial charge is 0.399 e. The fraction of sp³-hybridized carbons (Fsp3) is 0.562. The van der Waals surface area contributed by atoms with E-state index in [0.29, 0.717) is 30.4 Å². The molecule has 0 spiro atoms. The number of benzene rings is 1. The van der Waals surface area contributed by atoms with Crippen molar-refractivity contribution >= 4 is 11.6 Å². The van der Waals surface area contributed by atoms with Crippen molar-refractivity contribution < 1.29 is 9.18 Å². The van der Waals surface area contributed by atoms with Crippen molar-refractivity contribution in [2.24, 2.45) is 0 Å². The Balaban J connectivity index is 2.15. The standard InChI is InChI=1S/C16H24FN3O/c1-4-19(5-2)13-6-7-20(10-13)16(21)14-9-12(18)8-11(3)15(14)17/h8-9,13H,4-7,10,18H2,1-3H3. The summed E-state index contributed by atoms with van der Waals surface area (Å²) in [6, 6.07) is 3.36. The summed E-state index contributed by atoms with van der Waals surface area (Å²) in [6.45, 7) is 9.14. The zero-order valence-electron chi connectivity index (χ0n) is 13.0. The summed E-state index contributed by atoms with van der Waals surface area (Å²) >= 11 is 0. The van der Waals surface area contributed by atoms with Gasteiger partial charge in [-0.05, 0) is 44.1 Å². The zero-order chi connectivity index (χ0) is 15.6. The van der Waals surface area contributed by atoms with Gasteiger partial charge in [0, 0.05) is 24.8 Å². The van der Waals surface area contributed by atoms with Crippen LogP contribution in [0.3, 0.4) is 0 Å². The molecule has 21 heavy (non-hydrogen) atoms. The molecule has 1 atom stereocenters. The number of likely N-dealkylation sites (N-methyl/N-ethyl adjacent to an activating group) is 1. The third kappa shape index (κ3) is 3.18. The molecular formula is C16H24FN3O. The second kappa shape index (κ2) is 6.43. The molecule has 2 rings (SSSR count). The molecular weight excluding hydrogens is 269 g/mol. The number of nitrogens with zero attached hydrogens (tertiary/aromatic N) is 2. The number of nitrogen functional groups attached to an aromatic ring is 1. The second-order valence-electron chi connectivity index (χ2n) is 5.61. The van der Waals surface area contributed by atoms with Crippen LogP contribution >= 0.6 is 0 Å². The highest BCUT2D eigenvalue weighted by atomic mass is 19.1. The van der Waals surface area contributed by atoms with Gasteiger partial charge in [-0.1, -0.05) is 13.8 Å². The van der Waals surface area contributed by atoms with Crippen LogP contribution in [-0.4, -0.2) is 47.9 Å². The lowest BCUT2D eigenvalue weighted by molar-refractivity contribution is 0.0773. The van der Waals surface area contributed by atoms with Gasteiger partial charge in [0.15, 0.2) is 0 Å². The highest BCUT2D eigenvalue weighted by molar-refractivity contribution is 5.95. The molecule has 1 amide bonds. The number of anilines is 1. The van der Waals surface area contributed by atoms with Gasteiger partial charge in [-0.3, -0.25) is 9.69 Å². The van der Waals surface area contributed by atoms with Gasteiger partial charge in [0.25, 0.3) is 5.91 Å². The smallest absolute Gasteiger partial charge is 0.256 e. The average molecular weight is 293 g/mol. The van der Waals surface area contributed by atoms with Gasteiger partial charge in [0.1, 0.15) is 5.82 Å². The number of hydrogen-bond donors (Lipinski definition) is 1. The highest BCUT2D eigenvalue weighted by Gasteiger charge is 2.31. The first-order chi connectivity index (χ1) is 9.97. The van der Waals surface area contributed by atoms with Crippen molar-refractivity contribution in [2.45, 2.75) is 33.2 Å². The number of likely N-dealkylation sites (tertiary alicyclic amines) is 1.